The topological polar surface area (TPSA) is 42.1 Å². The molecule has 6 heteroatoms. The minimum Gasteiger partial charge on any atom is -0.375 e. The SMILES string of the molecule is CN(CCc1csc(N)n1)Cc1cc(Br)cs1. The van der Waals surface area contributed by atoms with Crippen LogP contribution < -0.4 is 5.73 Å². The predicted octanol–water partition coefficient (Wildman–Crippen LogP) is 3.22. The van der Waals surface area contributed by atoms with E-state index < -0.39 is 0 Å². The van der Waals surface area contributed by atoms with E-state index in [0.717, 1.165) is 29.7 Å². The van der Waals surface area contributed by atoms with E-state index in [9.17, 15) is 0 Å². The zero-order chi connectivity index (χ0) is 12.3. The maximum atomic E-state index is 5.60. The molecule has 17 heavy (non-hydrogen) atoms. The number of halogens is 1. The van der Waals surface area contributed by atoms with Crippen LogP contribution in [0.25, 0.3) is 0 Å². The molecular weight excluding hydrogens is 318 g/mol. The highest BCUT2D eigenvalue weighted by Gasteiger charge is 2.05. The van der Waals surface area contributed by atoms with E-state index in [1.807, 2.05) is 5.38 Å². The third-order valence-electron chi connectivity index (χ3n) is 2.37. The molecular formula is C11H14BrN3S2. The van der Waals surface area contributed by atoms with Crippen molar-refractivity contribution < 1.29 is 0 Å². The summed E-state index contributed by atoms with van der Waals surface area (Å²) < 4.78 is 1.16. The predicted molar refractivity (Wildman–Crippen MR) is 78.6 cm³/mol. The van der Waals surface area contributed by atoms with Crippen LogP contribution in [0.15, 0.2) is 21.3 Å². The average Bonchev–Trinajstić information content (AvgIpc) is 2.85. The van der Waals surface area contributed by atoms with Gasteiger partial charge in [0.1, 0.15) is 0 Å². The van der Waals surface area contributed by atoms with Crippen LogP contribution in [0.4, 0.5) is 5.13 Å². The number of thiophene rings is 1. The second-order valence-corrected chi connectivity index (χ2v) is 6.70. The molecule has 0 amide bonds. The molecule has 0 aliphatic heterocycles. The number of nitrogens with two attached hydrogens (primary N) is 1. The molecule has 0 aliphatic carbocycles. The lowest BCUT2D eigenvalue weighted by Gasteiger charge is -2.14. The molecule has 2 aromatic rings. The average molecular weight is 332 g/mol. The van der Waals surface area contributed by atoms with Crippen molar-refractivity contribution in [2.45, 2.75) is 13.0 Å². The molecule has 2 rings (SSSR count). The van der Waals surface area contributed by atoms with Crippen LogP contribution in [0, 0.1) is 0 Å². The van der Waals surface area contributed by atoms with Crippen LogP contribution in [0.1, 0.15) is 10.6 Å². The molecule has 0 aromatic carbocycles. The molecule has 0 spiro atoms. The summed E-state index contributed by atoms with van der Waals surface area (Å²) in [6, 6.07) is 2.17. The molecule has 0 fully saturated rings. The van der Waals surface area contributed by atoms with Gasteiger partial charge < -0.3 is 10.6 Å². The van der Waals surface area contributed by atoms with Gasteiger partial charge in [0.05, 0.1) is 5.69 Å². The second kappa shape index (κ2) is 5.95. The summed E-state index contributed by atoms with van der Waals surface area (Å²) >= 11 is 6.76. The minimum atomic E-state index is 0.657. The lowest BCUT2D eigenvalue weighted by Crippen LogP contribution is -2.20. The van der Waals surface area contributed by atoms with Crippen molar-refractivity contribution in [3.63, 3.8) is 0 Å². The number of hydrogen-bond acceptors (Lipinski definition) is 5. The maximum absolute atomic E-state index is 5.60. The van der Waals surface area contributed by atoms with E-state index in [2.05, 4.69) is 44.3 Å². The van der Waals surface area contributed by atoms with Crippen molar-refractivity contribution >= 4 is 43.7 Å². The molecule has 92 valence electrons. The van der Waals surface area contributed by atoms with E-state index in [1.165, 1.54) is 16.2 Å². The summed E-state index contributed by atoms with van der Waals surface area (Å²) in [4.78, 5) is 7.93. The van der Waals surface area contributed by atoms with Crippen molar-refractivity contribution in [1.29, 1.82) is 0 Å². The Labute approximate surface area is 117 Å². The smallest absolute Gasteiger partial charge is 0.180 e. The van der Waals surface area contributed by atoms with Gasteiger partial charge in [-0.25, -0.2) is 4.98 Å². The van der Waals surface area contributed by atoms with Gasteiger partial charge in [-0.3, -0.25) is 0 Å². The van der Waals surface area contributed by atoms with Crippen molar-refractivity contribution in [2.75, 3.05) is 19.3 Å². The van der Waals surface area contributed by atoms with E-state index >= 15 is 0 Å². The van der Waals surface area contributed by atoms with Gasteiger partial charge in [-0.1, -0.05) is 0 Å². The summed E-state index contributed by atoms with van der Waals surface area (Å²) in [5.41, 5.74) is 6.69. The summed E-state index contributed by atoms with van der Waals surface area (Å²) in [7, 11) is 2.13. The van der Waals surface area contributed by atoms with E-state index in [1.54, 1.807) is 11.3 Å². The highest BCUT2D eigenvalue weighted by Crippen LogP contribution is 2.21. The summed E-state index contributed by atoms with van der Waals surface area (Å²) in [5.74, 6) is 0. The van der Waals surface area contributed by atoms with Crippen LogP contribution in [0.2, 0.25) is 0 Å². The van der Waals surface area contributed by atoms with Crippen LogP contribution in [0.5, 0.6) is 0 Å². The molecule has 2 aromatic heterocycles. The van der Waals surface area contributed by atoms with Gasteiger partial charge in [-0.2, -0.15) is 0 Å². The third kappa shape index (κ3) is 4.06. The Hall–Kier alpha value is -0.430. The number of thiazole rings is 1. The molecule has 0 unspecified atom stereocenters. The van der Waals surface area contributed by atoms with Crippen molar-refractivity contribution in [1.82, 2.24) is 9.88 Å². The Morgan fingerprint density at radius 2 is 2.24 bits per heavy atom. The van der Waals surface area contributed by atoms with E-state index in [4.69, 9.17) is 5.73 Å². The Bertz CT molecular complexity index is 481. The summed E-state index contributed by atoms with van der Waals surface area (Å²) in [6.07, 6.45) is 0.955. The van der Waals surface area contributed by atoms with Gasteiger partial charge in [-0.05, 0) is 29.0 Å². The zero-order valence-electron chi connectivity index (χ0n) is 9.52. The fourth-order valence-corrected chi connectivity index (χ4v) is 3.65. The van der Waals surface area contributed by atoms with Crippen molar-refractivity contribution in [3.05, 3.63) is 31.9 Å². The highest BCUT2D eigenvalue weighted by molar-refractivity contribution is 9.10. The van der Waals surface area contributed by atoms with Gasteiger partial charge >= 0.3 is 0 Å². The highest BCUT2D eigenvalue weighted by atomic mass is 79.9. The number of nitrogen functional groups attached to an aromatic ring is 1. The number of rotatable bonds is 5. The molecule has 0 aliphatic rings. The van der Waals surface area contributed by atoms with Crippen LogP contribution >= 0.6 is 38.6 Å². The fourth-order valence-electron chi connectivity index (χ4n) is 1.52. The first-order valence-corrected chi connectivity index (χ1v) is 7.80. The standard InChI is InChI=1S/C11H14BrN3S2/c1-15(5-10-4-8(12)6-16-10)3-2-9-7-17-11(13)14-9/h4,6-7H,2-3,5H2,1H3,(H2,13,14). The number of hydrogen-bond donors (Lipinski definition) is 1. The molecule has 0 saturated heterocycles. The molecule has 0 bridgehead atoms. The second-order valence-electron chi connectivity index (χ2n) is 3.90. The molecule has 0 radical (unpaired) electrons. The largest absolute Gasteiger partial charge is 0.375 e. The first kappa shape index (κ1) is 13.0. The number of likely N-dealkylation sites (N-methyl/N-ethyl adjacent to an activating group) is 1. The molecule has 2 N–H and O–H groups in total. The zero-order valence-corrected chi connectivity index (χ0v) is 12.7. The summed E-state index contributed by atoms with van der Waals surface area (Å²) in [6.45, 7) is 1.98. The van der Waals surface area contributed by atoms with Crippen LogP contribution in [-0.2, 0) is 13.0 Å². The lowest BCUT2D eigenvalue weighted by molar-refractivity contribution is 0.333. The Morgan fingerprint density at radius 1 is 1.41 bits per heavy atom. The monoisotopic (exact) mass is 331 g/mol. The van der Waals surface area contributed by atoms with E-state index in [0.29, 0.717) is 5.13 Å². The van der Waals surface area contributed by atoms with Gasteiger partial charge in [0.15, 0.2) is 5.13 Å². The van der Waals surface area contributed by atoms with Gasteiger partial charge in [0.2, 0.25) is 0 Å². The van der Waals surface area contributed by atoms with Gasteiger partial charge in [0.25, 0.3) is 0 Å². The maximum Gasteiger partial charge on any atom is 0.180 e. The normalized spacial score (nSPS) is 11.2. The number of aromatic nitrogens is 1. The molecule has 0 saturated carbocycles. The Kier molecular flexibility index (Phi) is 4.55. The molecule has 3 nitrogen and oxygen atoms in total. The quantitative estimate of drug-likeness (QED) is 0.914. The lowest BCUT2D eigenvalue weighted by atomic mass is 10.3. The number of anilines is 1. The first-order valence-electron chi connectivity index (χ1n) is 5.25. The first-order chi connectivity index (χ1) is 8.13. The number of nitrogens with zero attached hydrogens (tertiary/aromatic N) is 2. The summed E-state index contributed by atoms with van der Waals surface area (Å²) in [5, 5.41) is 4.81. The van der Waals surface area contributed by atoms with Crippen LogP contribution in [0.3, 0.4) is 0 Å². The van der Waals surface area contributed by atoms with Crippen LogP contribution in [-0.4, -0.2) is 23.5 Å². The Morgan fingerprint density at radius 3 is 2.82 bits per heavy atom. The van der Waals surface area contributed by atoms with Crippen molar-refractivity contribution in [2.24, 2.45) is 0 Å². The van der Waals surface area contributed by atoms with Gasteiger partial charge in [-0.15, -0.1) is 22.7 Å². The van der Waals surface area contributed by atoms with E-state index in [-0.39, 0.29) is 0 Å². The third-order valence-corrected chi connectivity index (χ3v) is 4.77. The molecule has 2 heterocycles. The van der Waals surface area contributed by atoms with Crippen molar-refractivity contribution in [3.8, 4) is 0 Å². The molecule has 0 atom stereocenters. The Balaban J connectivity index is 1.79. The fraction of sp³-hybridized carbons (Fsp3) is 0.364. The minimum absolute atomic E-state index is 0.657. The van der Waals surface area contributed by atoms with Gasteiger partial charge in [0, 0.05) is 39.6 Å².